The zero-order valence-corrected chi connectivity index (χ0v) is 7.94. The number of rotatable bonds is 2. The molecule has 7 heteroatoms. The Bertz CT molecular complexity index is 381. The zero-order chi connectivity index (χ0) is 12.5. The molecule has 0 heterocycles. The average molecular weight is 237 g/mol. The monoisotopic (exact) mass is 237 g/mol. The van der Waals surface area contributed by atoms with Crippen molar-refractivity contribution in [3.05, 3.63) is 23.8 Å². The second-order valence-corrected chi connectivity index (χ2v) is 3.26. The Hall–Kier alpha value is -1.47. The third-order valence-corrected chi connectivity index (χ3v) is 2.06. The summed E-state index contributed by atoms with van der Waals surface area (Å²) < 4.78 is 36.5. The van der Waals surface area contributed by atoms with Crippen LogP contribution in [0.1, 0.15) is 11.7 Å². The van der Waals surface area contributed by atoms with Crippen molar-refractivity contribution in [1.82, 2.24) is 0 Å². The van der Waals surface area contributed by atoms with Crippen LogP contribution in [0, 0.1) is 0 Å². The summed E-state index contributed by atoms with van der Waals surface area (Å²) in [6.07, 6.45) is -6.74. The van der Waals surface area contributed by atoms with Crippen LogP contribution in [0.15, 0.2) is 18.2 Å². The third-order valence-electron chi connectivity index (χ3n) is 2.06. The first-order valence-corrected chi connectivity index (χ1v) is 4.25. The van der Waals surface area contributed by atoms with Gasteiger partial charge in [-0.15, -0.1) is 0 Å². The van der Waals surface area contributed by atoms with E-state index in [0.717, 1.165) is 18.2 Å². The van der Waals surface area contributed by atoms with E-state index >= 15 is 0 Å². The van der Waals surface area contributed by atoms with Crippen LogP contribution in [0.3, 0.4) is 0 Å². The molecule has 0 aromatic heterocycles. The van der Waals surface area contributed by atoms with Crippen molar-refractivity contribution in [3.63, 3.8) is 0 Å². The molecule has 0 saturated carbocycles. The molecule has 16 heavy (non-hydrogen) atoms. The summed E-state index contributed by atoms with van der Waals surface area (Å²) in [6.45, 7) is 0. The number of aromatic hydroxyl groups is 2. The van der Waals surface area contributed by atoms with Crippen LogP contribution in [0.5, 0.6) is 11.5 Å². The van der Waals surface area contributed by atoms with E-state index in [1.165, 1.54) is 0 Å². The topological polar surface area (TPSA) is 86.7 Å². The molecule has 0 fully saturated rings. The molecule has 1 aromatic carbocycles. The normalized spacial score (nSPS) is 15.8. The summed E-state index contributed by atoms with van der Waals surface area (Å²) in [6, 6.07) is 0.393. The van der Waals surface area contributed by atoms with Gasteiger partial charge in [-0.05, 0) is 17.7 Å². The van der Waals surface area contributed by atoms with Crippen LogP contribution in [-0.4, -0.2) is 27.5 Å². The fourth-order valence-corrected chi connectivity index (χ4v) is 1.11. The molecule has 4 nitrogen and oxygen atoms in total. The molecular weight excluding hydrogens is 227 g/mol. The summed E-state index contributed by atoms with van der Waals surface area (Å²) in [5.41, 5.74) is 4.57. The molecule has 2 atom stereocenters. The van der Waals surface area contributed by atoms with Crippen LogP contribution < -0.4 is 5.73 Å². The molecule has 0 aliphatic heterocycles. The molecule has 0 unspecified atom stereocenters. The van der Waals surface area contributed by atoms with E-state index in [9.17, 15) is 18.3 Å². The molecule has 1 rings (SSSR count). The summed E-state index contributed by atoms with van der Waals surface area (Å²) in [5.74, 6) is -1.11. The van der Waals surface area contributed by atoms with Crippen LogP contribution >= 0.6 is 0 Å². The lowest BCUT2D eigenvalue weighted by Gasteiger charge is -2.21. The lowest BCUT2D eigenvalue weighted by atomic mass is 10.0. The van der Waals surface area contributed by atoms with Crippen molar-refractivity contribution < 1.29 is 28.5 Å². The van der Waals surface area contributed by atoms with Crippen LogP contribution in [0.4, 0.5) is 13.2 Å². The van der Waals surface area contributed by atoms with E-state index in [2.05, 4.69) is 0 Å². The van der Waals surface area contributed by atoms with Gasteiger partial charge >= 0.3 is 6.18 Å². The minimum absolute atomic E-state index is 0.222. The van der Waals surface area contributed by atoms with Gasteiger partial charge in [-0.25, -0.2) is 0 Å². The molecule has 0 aliphatic rings. The van der Waals surface area contributed by atoms with Crippen molar-refractivity contribution in [2.24, 2.45) is 5.73 Å². The minimum Gasteiger partial charge on any atom is -0.504 e. The predicted molar refractivity (Wildman–Crippen MR) is 48.8 cm³/mol. The first-order chi connectivity index (χ1) is 7.23. The van der Waals surface area contributed by atoms with Crippen molar-refractivity contribution in [2.75, 3.05) is 0 Å². The molecule has 5 N–H and O–H groups in total. The lowest BCUT2D eigenvalue weighted by molar-refractivity contribution is -0.169. The van der Waals surface area contributed by atoms with E-state index in [1.54, 1.807) is 0 Å². The van der Waals surface area contributed by atoms with Gasteiger partial charge in [0.05, 0.1) is 0 Å². The number of hydrogen-bond donors (Lipinski definition) is 4. The SMILES string of the molecule is N[C@@H]([C@H](O)c1ccc(O)c(O)c1)C(F)(F)F. The first-order valence-electron chi connectivity index (χ1n) is 4.25. The molecule has 0 amide bonds. The van der Waals surface area contributed by atoms with E-state index in [0.29, 0.717) is 0 Å². The van der Waals surface area contributed by atoms with Crippen LogP contribution in [0.25, 0.3) is 0 Å². The predicted octanol–water partition coefficient (Wildman–Crippen LogP) is 1.02. The highest BCUT2D eigenvalue weighted by molar-refractivity contribution is 5.41. The number of halogens is 3. The number of nitrogens with two attached hydrogens (primary N) is 1. The second-order valence-electron chi connectivity index (χ2n) is 3.26. The minimum atomic E-state index is -4.74. The average Bonchev–Trinajstić information content (AvgIpc) is 2.18. The number of phenolic OH excluding ortho intramolecular Hbond substituents is 2. The Morgan fingerprint density at radius 1 is 1.12 bits per heavy atom. The number of benzene rings is 1. The van der Waals surface area contributed by atoms with Gasteiger partial charge in [0.15, 0.2) is 11.5 Å². The highest BCUT2D eigenvalue weighted by atomic mass is 19.4. The van der Waals surface area contributed by atoms with Gasteiger partial charge in [-0.1, -0.05) is 6.07 Å². The smallest absolute Gasteiger partial charge is 0.406 e. The maximum absolute atomic E-state index is 12.2. The highest BCUT2D eigenvalue weighted by Gasteiger charge is 2.42. The molecule has 0 radical (unpaired) electrons. The van der Waals surface area contributed by atoms with Gasteiger partial charge in [0.2, 0.25) is 0 Å². The summed E-state index contributed by atoms with van der Waals surface area (Å²) >= 11 is 0. The highest BCUT2D eigenvalue weighted by Crippen LogP contribution is 2.32. The fraction of sp³-hybridized carbons (Fsp3) is 0.333. The Kier molecular flexibility index (Phi) is 3.30. The van der Waals surface area contributed by atoms with Crippen LogP contribution in [0.2, 0.25) is 0 Å². The molecular formula is C9H10F3NO3. The molecule has 90 valence electrons. The van der Waals surface area contributed by atoms with Gasteiger partial charge in [-0.2, -0.15) is 13.2 Å². The quantitative estimate of drug-likeness (QED) is 0.578. The van der Waals surface area contributed by atoms with Crippen LogP contribution in [-0.2, 0) is 0 Å². The van der Waals surface area contributed by atoms with E-state index in [1.807, 2.05) is 0 Å². The lowest BCUT2D eigenvalue weighted by Crippen LogP contribution is -2.42. The zero-order valence-electron chi connectivity index (χ0n) is 7.94. The molecule has 0 aliphatic carbocycles. The summed E-state index contributed by atoms with van der Waals surface area (Å²) in [4.78, 5) is 0. The Morgan fingerprint density at radius 3 is 2.12 bits per heavy atom. The Labute approximate surface area is 88.7 Å². The largest absolute Gasteiger partial charge is 0.504 e. The van der Waals surface area contributed by atoms with E-state index in [4.69, 9.17) is 15.9 Å². The van der Waals surface area contributed by atoms with Gasteiger partial charge in [0.25, 0.3) is 0 Å². The fourth-order valence-electron chi connectivity index (χ4n) is 1.11. The third kappa shape index (κ3) is 2.56. The number of phenols is 2. The van der Waals surface area contributed by atoms with Gasteiger partial charge in [0.1, 0.15) is 12.1 Å². The standard InChI is InChI=1S/C9H10F3NO3/c10-9(11,12)8(13)7(16)4-1-2-5(14)6(15)3-4/h1-3,7-8,14-16H,13H2/t7-,8+/m1/s1. The van der Waals surface area contributed by atoms with Gasteiger partial charge in [-0.3, -0.25) is 0 Å². The van der Waals surface area contributed by atoms with Gasteiger partial charge in [0, 0.05) is 0 Å². The summed E-state index contributed by atoms with van der Waals surface area (Å²) in [5, 5.41) is 27.3. The number of aliphatic hydroxyl groups excluding tert-OH is 1. The van der Waals surface area contributed by atoms with Crippen molar-refractivity contribution >= 4 is 0 Å². The van der Waals surface area contributed by atoms with Crippen molar-refractivity contribution in [1.29, 1.82) is 0 Å². The van der Waals surface area contributed by atoms with E-state index < -0.39 is 29.8 Å². The number of hydrogen-bond acceptors (Lipinski definition) is 4. The first kappa shape index (κ1) is 12.6. The number of aliphatic hydroxyl groups is 1. The van der Waals surface area contributed by atoms with Crippen molar-refractivity contribution in [2.45, 2.75) is 18.3 Å². The molecule has 0 spiro atoms. The molecule has 0 bridgehead atoms. The second kappa shape index (κ2) is 4.18. The van der Waals surface area contributed by atoms with Gasteiger partial charge < -0.3 is 21.1 Å². The molecule has 0 saturated heterocycles. The number of alkyl halides is 3. The maximum Gasteiger partial charge on any atom is 0.406 e. The Morgan fingerprint density at radius 2 is 1.69 bits per heavy atom. The van der Waals surface area contributed by atoms with E-state index in [-0.39, 0.29) is 5.56 Å². The maximum atomic E-state index is 12.2. The molecule has 1 aromatic rings. The summed E-state index contributed by atoms with van der Waals surface area (Å²) in [7, 11) is 0. The van der Waals surface area contributed by atoms with Crippen molar-refractivity contribution in [3.8, 4) is 11.5 Å². The Balaban J connectivity index is 2.97.